The van der Waals surface area contributed by atoms with Crippen molar-refractivity contribution in [2.24, 2.45) is 5.10 Å². The SMILES string of the molecule is O=C(N/N=C\c1cc(Br)cc(Br)c1O)c1ccc(NC(=O)c2ccc([N+](=O)[O-])cc2)cc1. The molecule has 0 aliphatic heterocycles. The summed E-state index contributed by atoms with van der Waals surface area (Å²) in [6.45, 7) is 0. The molecule has 3 N–H and O–H groups in total. The van der Waals surface area contributed by atoms with Gasteiger partial charge in [-0.05, 0) is 64.5 Å². The van der Waals surface area contributed by atoms with Crippen LogP contribution >= 0.6 is 31.9 Å². The maximum Gasteiger partial charge on any atom is 0.271 e. The van der Waals surface area contributed by atoms with Gasteiger partial charge in [0.2, 0.25) is 0 Å². The summed E-state index contributed by atoms with van der Waals surface area (Å²) in [6, 6.07) is 14.6. The average molecular weight is 562 g/mol. The molecule has 3 rings (SSSR count). The third kappa shape index (κ3) is 5.77. The summed E-state index contributed by atoms with van der Waals surface area (Å²) in [5.41, 5.74) is 3.65. The van der Waals surface area contributed by atoms with Gasteiger partial charge >= 0.3 is 0 Å². The van der Waals surface area contributed by atoms with Crippen molar-refractivity contribution in [3.05, 3.63) is 96.4 Å². The number of halogens is 2. The maximum absolute atomic E-state index is 12.3. The highest BCUT2D eigenvalue weighted by atomic mass is 79.9. The Morgan fingerprint density at radius 1 is 0.969 bits per heavy atom. The molecule has 32 heavy (non-hydrogen) atoms. The van der Waals surface area contributed by atoms with Crippen molar-refractivity contribution in [3.8, 4) is 5.75 Å². The van der Waals surface area contributed by atoms with Crippen LogP contribution in [0, 0.1) is 10.1 Å². The van der Waals surface area contributed by atoms with E-state index in [0.29, 0.717) is 21.3 Å². The molecule has 0 saturated carbocycles. The first kappa shape index (κ1) is 23.1. The van der Waals surface area contributed by atoms with Crippen molar-refractivity contribution in [2.75, 3.05) is 5.32 Å². The topological polar surface area (TPSA) is 134 Å². The molecule has 0 aliphatic rings. The van der Waals surface area contributed by atoms with E-state index >= 15 is 0 Å². The fourth-order valence-corrected chi connectivity index (χ4v) is 3.81. The predicted molar refractivity (Wildman–Crippen MR) is 126 cm³/mol. The lowest BCUT2D eigenvalue weighted by Crippen LogP contribution is -2.18. The fraction of sp³-hybridized carbons (Fsp3) is 0. The Morgan fingerprint density at radius 3 is 2.19 bits per heavy atom. The zero-order valence-corrected chi connectivity index (χ0v) is 19.3. The molecule has 0 saturated heterocycles. The number of nitrogens with zero attached hydrogens (tertiary/aromatic N) is 2. The average Bonchev–Trinajstić information content (AvgIpc) is 2.77. The van der Waals surface area contributed by atoms with Crippen molar-refractivity contribution in [1.82, 2.24) is 5.43 Å². The van der Waals surface area contributed by atoms with E-state index in [1.165, 1.54) is 42.6 Å². The molecule has 3 aromatic rings. The number of hydrogen-bond donors (Lipinski definition) is 3. The second-order valence-electron chi connectivity index (χ2n) is 6.36. The molecule has 0 atom stereocenters. The number of amides is 2. The van der Waals surface area contributed by atoms with Gasteiger partial charge in [-0.25, -0.2) is 5.43 Å². The Hall–Kier alpha value is -3.57. The number of nitrogens with one attached hydrogen (secondary N) is 2. The molecule has 11 heteroatoms. The normalized spacial score (nSPS) is 10.7. The molecule has 162 valence electrons. The first-order chi connectivity index (χ1) is 15.2. The quantitative estimate of drug-likeness (QED) is 0.225. The van der Waals surface area contributed by atoms with Gasteiger partial charge in [-0.1, -0.05) is 15.9 Å². The van der Waals surface area contributed by atoms with Gasteiger partial charge in [0.15, 0.2) is 0 Å². The molecule has 0 aromatic heterocycles. The minimum Gasteiger partial charge on any atom is -0.506 e. The summed E-state index contributed by atoms with van der Waals surface area (Å²) in [5, 5.41) is 27.2. The molecule has 0 unspecified atom stereocenters. The highest BCUT2D eigenvalue weighted by Crippen LogP contribution is 2.30. The van der Waals surface area contributed by atoms with Crippen LogP contribution in [-0.4, -0.2) is 28.1 Å². The van der Waals surface area contributed by atoms with Gasteiger partial charge in [0.1, 0.15) is 5.75 Å². The lowest BCUT2D eigenvalue weighted by atomic mass is 10.1. The number of carbonyl (C=O) groups excluding carboxylic acids is 2. The fourth-order valence-electron chi connectivity index (χ4n) is 2.55. The van der Waals surface area contributed by atoms with Gasteiger partial charge < -0.3 is 10.4 Å². The third-order valence-electron chi connectivity index (χ3n) is 4.17. The number of phenols is 1. The predicted octanol–water partition coefficient (Wildman–Crippen LogP) is 4.84. The van der Waals surface area contributed by atoms with Crippen LogP contribution in [-0.2, 0) is 0 Å². The van der Waals surface area contributed by atoms with E-state index in [0.717, 1.165) is 4.47 Å². The minimum absolute atomic E-state index is 0.0145. The molecule has 0 bridgehead atoms. The summed E-state index contributed by atoms with van der Waals surface area (Å²) < 4.78 is 1.20. The summed E-state index contributed by atoms with van der Waals surface area (Å²) in [5.74, 6) is -0.941. The van der Waals surface area contributed by atoms with Crippen molar-refractivity contribution in [3.63, 3.8) is 0 Å². The van der Waals surface area contributed by atoms with Gasteiger partial charge in [-0.3, -0.25) is 19.7 Å². The van der Waals surface area contributed by atoms with Crippen molar-refractivity contribution in [2.45, 2.75) is 0 Å². The molecular formula is C21H14Br2N4O5. The number of phenolic OH excluding ortho intramolecular Hbond substituents is 1. The molecule has 0 fully saturated rings. The standard InChI is InChI=1S/C21H14Br2N4O5/c22-15-9-14(19(28)18(23)10-15)11-24-26-21(30)13-1-5-16(6-2-13)25-20(29)12-3-7-17(8-4-12)27(31)32/h1-11,28H,(H,25,29)(H,26,30)/b24-11-. The summed E-state index contributed by atoms with van der Waals surface area (Å²) in [7, 11) is 0. The molecule has 0 radical (unpaired) electrons. The number of non-ortho nitro benzene ring substituents is 1. The van der Waals surface area contributed by atoms with Crippen LogP contribution in [0.25, 0.3) is 0 Å². The zero-order chi connectivity index (χ0) is 23.3. The van der Waals surface area contributed by atoms with E-state index in [4.69, 9.17) is 0 Å². The van der Waals surface area contributed by atoms with Crippen LogP contribution in [0.3, 0.4) is 0 Å². The number of hydrogen-bond acceptors (Lipinski definition) is 6. The highest BCUT2D eigenvalue weighted by molar-refractivity contribution is 9.11. The van der Waals surface area contributed by atoms with E-state index in [1.54, 1.807) is 24.3 Å². The van der Waals surface area contributed by atoms with Gasteiger partial charge in [0.05, 0.1) is 15.6 Å². The monoisotopic (exact) mass is 560 g/mol. The van der Waals surface area contributed by atoms with Gasteiger partial charge in [0.25, 0.3) is 17.5 Å². The Kier molecular flexibility index (Phi) is 7.33. The summed E-state index contributed by atoms with van der Waals surface area (Å²) in [4.78, 5) is 34.6. The molecule has 3 aromatic carbocycles. The van der Waals surface area contributed by atoms with Crippen molar-refractivity contribution < 1.29 is 19.6 Å². The smallest absolute Gasteiger partial charge is 0.271 e. The number of rotatable bonds is 6. The maximum atomic E-state index is 12.3. The second-order valence-corrected chi connectivity index (χ2v) is 8.13. The Morgan fingerprint density at radius 2 is 1.56 bits per heavy atom. The second kappa shape index (κ2) is 10.2. The van der Waals surface area contributed by atoms with Crippen LogP contribution < -0.4 is 10.7 Å². The molecule has 9 nitrogen and oxygen atoms in total. The van der Waals surface area contributed by atoms with E-state index < -0.39 is 16.7 Å². The number of benzene rings is 3. The van der Waals surface area contributed by atoms with Gasteiger partial charge in [0, 0.05) is 39.0 Å². The van der Waals surface area contributed by atoms with E-state index in [9.17, 15) is 24.8 Å². The van der Waals surface area contributed by atoms with Gasteiger partial charge in [-0.2, -0.15) is 5.10 Å². The number of nitro groups is 1. The lowest BCUT2D eigenvalue weighted by Gasteiger charge is -2.06. The Balaban J connectivity index is 1.60. The number of hydrazone groups is 1. The largest absolute Gasteiger partial charge is 0.506 e. The van der Waals surface area contributed by atoms with Crippen LogP contribution in [0.4, 0.5) is 11.4 Å². The first-order valence-corrected chi connectivity index (χ1v) is 10.5. The van der Waals surface area contributed by atoms with E-state index in [2.05, 4.69) is 47.7 Å². The van der Waals surface area contributed by atoms with Gasteiger partial charge in [-0.15, -0.1) is 0 Å². The lowest BCUT2D eigenvalue weighted by molar-refractivity contribution is -0.384. The van der Waals surface area contributed by atoms with Crippen LogP contribution in [0.1, 0.15) is 26.3 Å². The number of anilines is 1. The van der Waals surface area contributed by atoms with E-state index in [-0.39, 0.29) is 17.0 Å². The molecule has 2 amide bonds. The molecular weight excluding hydrogens is 548 g/mol. The van der Waals surface area contributed by atoms with Crippen molar-refractivity contribution in [1.29, 1.82) is 0 Å². The molecule has 0 aliphatic carbocycles. The van der Waals surface area contributed by atoms with Crippen LogP contribution in [0.15, 0.2) is 74.7 Å². The Bertz CT molecular complexity index is 1210. The number of carbonyl (C=O) groups is 2. The first-order valence-electron chi connectivity index (χ1n) is 8.92. The zero-order valence-electron chi connectivity index (χ0n) is 16.1. The third-order valence-corrected chi connectivity index (χ3v) is 5.23. The minimum atomic E-state index is -0.546. The van der Waals surface area contributed by atoms with Crippen LogP contribution in [0.5, 0.6) is 5.75 Å². The van der Waals surface area contributed by atoms with Crippen molar-refractivity contribution >= 4 is 61.3 Å². The van der Waals surface area contributed by atoms with E-state index in [1.807, 2.05) is 0 Å². The number of aromatic hydroxyl groups is 1. The molecule has 0 spiro atoms. The highest BCUT2D eigenvalue weighted by Gasteiger charge is 2.11. The Labute approximate surface area is 198 Å². The molecule has 0 heterocycles. The summed E-state index contributed by atoms with van der Waals surface area (Å²) in [6.07, 6.45) is 1.31. The van der Waals surface area contributed by atoms with Crippen LogP contribution in [0.2, 0.25) is 0 Å². The number of nitro benzene ring substituents is 1. The summed E-state index contributed by atoms with van der Waals surface area (Å²) >= 11 is 6.52.